The van der Waals surface area contributed by atoms with Gasteiger partial charge in [-0.1, -0.05) is 19.3 Å². The molecule has 0 bridgehead atoms. The van der Waals surface area contributed by atoms with Gasteiger partial charge in [-0.15, -0.1) is 0 Å². The number of benzene rings is 1. The molecule has 1 saturated carbocycles. The van der Waals surface area contributed by atoms with Gasteiger partial charge < -0.3 is 0 Å². The molecule has 2 rings (SSSR count). The molecule has 0 aliphatic heterocycles. The Balaban J connectivity index is 2.26. The molecule has 0 radical (unpaired) electrons. The molecule has 1 nitrogen and oxygen atoms in total. The summed E-state index contributed by atoms with van der Waals surface area (Å²) in [4.78, 5) is 12.1. The van der Waals surface area contributed by atoms with E-state index in [1.165, 1.54) is 6.92 Å². The van der Waals surface area contributed by atoms with E-state index in [1.54, 1.807) is 0 Å². The van der Waals surface area contributed by atoms with Crippen LogP contribution < -0.4 is 0 Å². The number of rotatable bonds is 2. The third-order valence-corrected chi connectivity index (χ3v) is 3.49. The van der Waals surface area contributed by atoms with Crippen molar-refractivity contribution >= 4 is 5.78 Å². The number of ketones is 1. The summed E-state index contributed by atoms with van der Waals surface area (Å²) in [5.41, 5.74) is 0.155. The second kappa shape index (κ2) is 4.94. The molecule has 1 aliphatic rings. The predicted octanol–water partition coefficient (Wildman–Crippen LogP) is 4.04. The van der Waals surface area contributed by atoms with Crippen molar-refractivity contribution in [1.29, 1.82) is 0 Å². The molecule has 1 fully saturated rings. The SMILES string of the molecule is Cc1cc(F)c(C(=O)C2CCCCC2)cc1F. The highest BCUT2D eigenvalue weighted by molar-refractivity contribution is 5.98. The Labute approximate surface area is 99.8 Å². The highest BCUT2D eigenvalue weighted by atomic mass is 19.1. The first-order chi connectivity index (χ1) is 8.09. The van der Waals surface area contributed by atoms with Crippen LogP contribution in [-0.4, -0.2) is 5.78 Å². The van der Waals surface area contributed by atoms with Crippen LogP contribution in [0.2, 0.25) is 0 Å². The Hall–Kier alpha value is -1.25. The zero-order chi connectivity index (χ0) is 12.4. The molecule has 0 spiro atoms. The predicted molar refractivity (Wildman–Crippen MR) is 62.0 cm³/mol. The fourth-order valence-electron chi connectivity index (χ4n) is 2.42. The highest BCUT2D eigenvalue weighted by Crippen LogP contribution is 2.28. The van der Waals surface area contributed by atoms with Gasteiger partial charge >= 0.3 is 0 Å². The summed E-state index contributed by atoms with van der Waals surface area (Å²) in [7, 11) is 0. The van der Waals surface area contributed by atoms with E-state index in [2.05, 4.69) is 0 Å². The zero-order valence-corrected chi connectivity index (χ0v) is 9.93. The normalized spacial score (nSPS) is 17.1. The number of Topliss-reactive ketones (excluding diaryl/α,β-unsaturated/α-hetero) is 1. The Morgan fingerprint density at radius 2 is 1.76 bits per heavy atom. The first kappa shape index (κ1) is 12.2. The molecule has 0 N–H and O–H groups in total. The van der Waals surface area contributed by atoms with Crippen molar-refractivity contribution in [2.45, 2.75) is 39.0 Å². The molecule has 0 saturated heterocycles. The molecule has 0 atom stereocenters. The number of hydrogen-bond donors (Lipinski definition) is 0. The standard InChI is InChI=1S/C14H16F2O/c1-9-7-13(16)11(8-12(9)15)14(17)10-5-3-2-4-6-10/h7-8,10H,2-6H2,1H3. The Bertz CT molecular complexity index is 434. The first-order valence-corrected chi connectivity index (χ1v) is 6.09. The van der Waals surface area contributed by atoms with Crippen LogP contribution in [0.5, 0.6) is 0 Å². The molecule has 92 valence electrons. The van der Waals surface area contributed by atoms with Gasteiger partial charge in [-0.05, 0) is 37.5 Å². The van der Waals surface area contributed by atoms with E-state index in [4.69, 9.17) is 0 Å². The van der Waals surface area contributed by atoms with Gasteiger partial charge in [-0.25, -0.2) is 8.78 Å². The second-order valence-electron chi connectivity index (χ2n) is 4.78. The average molecular weight is 238 g/mol. The van der Waals surface area contributed by atoms with Crippen LogP contribution in [0, 0.1) is 24.5 Å². The smallest absolute Gasteiger partial charge is 0.168 e. The molecular weight excluding hydrogens is 222 g/mol. The van der Waals surface area contributed by atoms with Gasteiger partial charge in [0.05, 0.1) is 5.56 Å². The highest BCUT2D eigenvalue weighted by Gasteiger charge is 2.25. The Morgan fingerprint density at radius 1 is 1.12 bits per heavy atom. The van der Waals surface area contributed by atoms with Gasteiger partial charge in [0.1, 0.15) is 11.6 Å². The summed E-state index contributed by atoms with van der Waals surface area (Å²) >= 11 is 0. The second-order valence-corrected chi connectivity index (χ2v) is 4.78. The molecule has 3 heteroatoms. The maximum atomic E-state index is 13.6. The minimum Gasteiger partial charge on any atom is -0.294 e. The minimum absolute atomic E-state index is 0.0833. The Morgan fingerprint density at radius 3 is 2.41 bits per heavy atom. The topological polar surface area (TPSA) is 17.1 Å². The van der Waals surface area contributed by atoms with Crippen molar-refractivity contribution in [1.82, 2.24) is 0 Å². The number of hydrogen-bond acceptors (Lipinski definition) is 1. The van der Waals surface area contributed by atoms with E-state index in [-0.39, 0.29) is 22.8 Å². The van der Waals surface area contributed by atoms with Gasteiger partial charge in [-0.3, -0.25) is 4.79 Å². The summed E-state index contributed by atoms with van der Waals surface area (Å²) in [6.45, 7) is 1.49. The van der Waals surface area contributed by atoms with Crippen LogP contribution in [0.4, 0.5) is 8.78 Å². The molecule has 0 heterocycles. The summed E-state index contributed by atoms with van der Waals surface area (Å²) in [6.07, 6.45) is 4.74. The summed E-state index contributed by atoms with van der Waals surface area (Å²) < 4.78 is 27.0. The maximum absolute atomic E-state index is 13.6. The fourth-order valence-corrected chi connectivity index (χ4v) is 2.42. The van der Waals surface area contributed by atoms with Crippen LogP contribution in [0.3, 0.4) is 0 Å². The number of carbonyl (C=O) groups excluding carboxylic acids is 1. The van der Waals surface area contributed by atoms with Crippen LogP contribution in [0.15, 0.2) is 12.1 Å². The molecule has 0 unspecified atom stereocenters. The molecule has 1 aromatic rings. The number of halogens is 2. The Kier molecular flexibility index (Phi) is 3.55. The van der Waals surface area contributed by atoms with Crippen LogP contribution in [0.1, 0.15) is 48.0 Å². The van der Waals surface area contributed by atoms with Gasteiger partial charge in [0.15, 0.2) is 5.78 Å². The molecule has 1 aromatic carbocycles. The zero-order valence-electron chi connectivity index (χ0n) is 9.93. The van der Waals surface area contributed by atoms with Crippen molar-refractivity contribution in [2.75, 3.05) is 0 Å². The van der Waals surface area contributed by atoms with Gasteiger partial charge in [-0.2, -0.15) is 0 Å². The molecule has 1 aliphatic carbocycles. The van der Waals surface area contributed by atoms with Gasteiger partial charge in [0.25, 0.3) is 0 Å². The van der Waals surface area contributed by atoms with Gasteiger partial charge in [0.2, 0.25) is 0 Å². The van der Waals surface area contributed by atoms with Crippen LogP contribution in [-0.2, 0) is 0 Å². The molecule has 0 amide bonds. The number of aryl methyl sites for hydroxylation is 1. The molecule has 0 aromatic heterocycles. The third kappa shape index (κ3) is 2.54. The quantitative estimate of drug-likeness (QED) is 0.711. The first-order valence-electron chi connectivity index (χ1n) is 6.09. The van der Waals surface area contributed by atoms with E-state index >= 15 is 0 Å². The fraction of sp³-hybridized carbons (Fsp3) is 0.500. The monoisotopic (exact) mass is 238 g/mol. The summed E-state index contributed by atoms with van der Waals surface area (Å²) in [5.74, 6) is -1.47. The third-order valence-electron chi connectivity index (χ3n) is 3.49. The van der Waals surface area contributed by atoms with E-state index in [1.807, 2.05) is 0 Å². The van der Waals surface area contributed by atoms with Crippen molar-refractivity contribution in [3.8, 4) is 0 Å². The van der Waals surface area contributed by atoms with E-state index in [0.29, 0.717) is 0 Å². The lowest BCUT2D eigenvalue weighted by atomic mass is 9.83. The molecular formula is C14H16F2O. The van der Waals surface area contributed by atoms with Crippen LogP contribution in [0.25, 0.3) is 0 Å². The average Bonchev–Trinajstić information content (AvgIpc) is 2.34. The number of carbonyl (C=O) groups is 1. The van der Waals surface area contributed by atoms with Crippen molar-refractivity contribution < 1.29 is 13.6 Å². The summed E-state index contributed by atoms with van der Waals surface area (Å²) in [6, 6.07) is 2.15. The van der Waals surface area contributed by atoms with E-state index in [9.17, 15) is 13.6 Å². The maximum Gasteiger partial charge on any atom is 0.168 e. The summed E-state index contributed by atoms with van der Waals surface area (Å²) in [5, 5.41) is 0. The minimum atomic E-state index is -0.598. The largest absolute Gasteiger partial charge is 0.294 e. The lowest BCUT2D eigenvalue weighted by Crippen LogP contribution is -2.19. The molecule has 17 heavy (non-hydrogen) atoms. The lowest BCUT2D eigenvalue weighted by molar-refractivity contribution is 0.0885. The van der Waals surface area contributed by atoms with Gasteiger partial charge in [0, 0.05) is 5.92 Å². The van der Waals surface area contributed by atoms with Crippen molar-refractivity contribution in [3.63, 3.8) is 0 Å². The van der Waals surface area contributed by atoms with Crippen LogP contribution >= 0.6 is 0 Å². The van der Waals surface area contributed by atoms with E-state index < -0.39 is 11.6 Å². The lowest BCUT2D eigenvalue weighted by Gasteiger charge is -2.20. The van der Waals surface area contributed by atoms with Crippen molar-refractivity contribution in [2.24, 2.45) is 5.92 Å². The van der Waals surface area contributed by atoms with E-state index in [0.717, 1.165) is 44.2 Å². The van der Waals surface area contributed by atoms with Crippen molar-refractivity contribution in [3.05, 3.63) is 34.9 Å².